The quantitative estimate of drug-likeness (QED) is 0.868. The van der Waals surface area contributed by atoms with E-state index in [4.69, 9.17) is 10.8 Å². The molecule has 0 saturated heterocycles. The Bertz CT molecular complexity index is 441. The Morgan fingerprint density at radius 3 is 2.17 bits per heavy atom. The molecule has 1 aromatic heterocycles. The summed E-state index contributed by atoms with van der Waals surface area (Å²) in [5.41, 5.74) is 5.98. The normalized spacial score (nSPS) is 41.6. The number of hydrogen-bond acceptors (Lipinski definition) is 3. The van der Waals surface area contributed by atoms with Crippen LogP contribution in [0.1, 0.15) is 50.2 Å². The number of aromatic nitrogens is 3. The summed E-state index contributed by atoms with van der Waals surface area (Å²) in [6.07, 6.45) is 8.39. The molecule has 0 amide bonds. The molecule has 98 valence electrons. The molecule has 0 unspecified atom stereocenters. The van der Waals surface area contributed by atoms with Crippen molar-refractivity contribution in [1.82, 2.24) is 14.8 Å². The maximum Gasteiger partial charge on any atom is 0.164 e. The van der Waals surface area contributed by atoms with Gasteiger partial charge in [-0.3, -0.25) is 0 Å². The summed E-state index contributed by atoms with van der Waals surface area (Å²) < 4.78 is 2.25. The first-order valence-corrected chi connectivity index (χ1v) is 7.31. The van der Waals surface area contributed by atoms with Crippen LogP contribution >= 0.6 is 0 Å². The van der Waals surface area contributed by atoms with Crippen LogP contribution in [0.3, 0.4) is 0 Å². The van der Waals surface area contributed by atoms with E-state index in [-0.39, 0.29) is 0 Å². The highest BCUT2D eigenvalue weighted by Crippen LogP contribution is 2.58. The lowest BCUT2D eigenvalue weighted by Gasteiger charge is -2.56. The second-order valence-corrected chi connectivity index (χ2v) is 6.83. The zero-order valence-corrected chi connectivity index (χ0v) is 11.1. The number of nitrogens with zero attached hydrogens (tertiary/aromatic N) is 3. The summed E-state index contributed by atoms with van der Waals surface area (Å²) in [7, 11) is 0. The van der Waals surface area contributed by atoms with Gasteiger partial charge in [-0.25, -0.2) is 9.67 Å². The van der Waals surface area contributed by atoms with E-state index in [1.807, 2.05) is 0 Å². The Labute approximate surface area is 108 Å². The lowest BCUT2D eigenvalue weighted by atomic mass is 9.53. The fourth-order valence-electron chi connectivity index (χ4n) is 5.30. The van der Waals surface area contributed by atoms with Gasteiger partial charge in [0.2, 0.25) is 0 Å². The molecule has 0 radical (unpaired) electrons. The van der Waals surface area contributed by atoms with Crippen molar-refractivity contribution >= 4 is 0 Å². The smallest absolute Gasteiger partial charge is 0.164 e. The number of hydrogen-bond donors (Lipinski definition) is 1. The van der Waals surface area contributed by atoms with Gasteiger partial charge in [0.15, 0.2) is 5.82 Å². The van der Waals surface area contributed by atoms with E-state index < -0.39 is 0 Å². The predicted octanol–water partition coefficient (Wildman–Crippen LogP) is 1.97. The van der Waals surface area contributed by atoms with Crippen molar-refractivity contribution in [1.29, 1.82) is 0 Å². The van der Waals surface area contributed by atoms with Gasteiger partial charge < -0.3 is 5.73 Å². The molecule has 0 atom stereocenters. The van der Waals surface area contributed by atoms with E-state index in [1.54, 1.807) is 0 Å². The zero-order valence-electron chi connectivity index (χ0n) is 11.1. The largest absolute Gasteiger partial charge is 0.324 e. The zero-order chi connectivity index (χ0) is 12.3. The van der Waals surface area contributed by atoms with E-state index in [9.17, 15) is 0 Å². The molecule has 0 aliphatic heterocycles. The average molecular weight is 246 g/mol. The van der Waals surface area contributed by atoms with Crippen LogP contribution in [0.5, 0.6) is 0 Å². The van der Waals surface area contributed by atoms with Crippen LogP contribution in [0.2, 0.25) is 0 Å². The topological polar surface area (TPSA) is 56.7 Å². The van der Waals surface area contributed by atoms with Crippen LogP contribution in [0.25, 0.3) is 0 Å². The first-order chi connectivity index (χ1) is 8.68. The Kier molecular flexibility index (Phi) is 2.17. The molecular weight excluding hydrogens is 224 g/mol. The fourth-order valence-corrected chi connectivity index (χ4v) is 5.30. The second kappa shape index (κ2) is 3.56. The molecule has 1 heterocycles. The first kappa shape index (κ1) is 11.0. The molecule has 0 spiro atoms. The molecule has 4 aliphatic rings. The minimum Gasteiger partial charge on any atom is -0.324 e. The molecule has 5 rings (SSSR count). The van der Waals surface area contributed by atoms with Gasteiger partial charge in [0.25, 0.3) is 0 Å². The Hall–Kier alpha value is -0.900. The maximum absolute atomic E-state index is 5.69. The van der Waals surface area contributed by atoms with Gasteiger partial charge in [0, 0.05) is 0 Å². The Balaban J connectivity index is 1.76. The van der Waals surface area contributed by atoms with Crippen molar-refractivity contribution in [3.05, 3.63) is 11.6 Å². The molecule has 4 nitrogen and oxygen atoms in total. The van der Waals surface area contributed by atoms with E-state index in [2.05, 4.69) is 16.6 Å². The SMILES string of the molecule is Cc1nc(CN)nn1C12CC3CC(CC(C3)C1)C2. The summed E-state index contributed by atoms with van der Waals surface area (Å²) in [4.78, 5) is 4.51. The van der Waals surface area contributed by atoms with Crippen LogP contribution in [0.15, 0.2) is 0 Å². The van der Waals surface area contributed by atoms with Gasteiger partial charge in [0.05, 0.1) is 12.1 Å². The molecule has 4 heteroatoms. The third kappa shape index (κ3) is 1.41. The Morgan fingerprint density at radius 1 is 1.17 bits per heavy atom. The third-order valence-corrected chi connectivity index (χ3v) is 5.45. The Morgan fingerprint density at radius 2 is 1.72 bits per heavy atom. The highest BCUT2D eigenvalue weighted by Gasteiger charge is 2.52. The minimum absolute atomic E-state index is 0.291. The van der Waals surface area contributed by atoms with Crippen LogP contribution in [0.4, 0.5) is 0 Å². The molecule has 4 fully saturated rings. The van der Waals surface area contributed by atoms with Crippen molar-refractivity contribution in [2.45, 2.75) is 57.5 Å². The van der Waals surface area contributed by atoms with Crippen molar-refractivity contribution in [2.75, 3.05) is 0 Å². The van der Waals surface area contributed by atoms with Crippen molar-refractivity contribution in [3.8, 4) is 0 Å². The van der Waals surface area contributed by atoms with E-state index in [0.29, 0.717) is 12.1 Å². The fraction of sp³-hybridized carbons (Fsp3) is 0.857. The molecule has 0 aromatic carbocycles. The third-order valence-electron chi connectivity index (χ3n) is 5.45. The van der Waals surface area contributed by atoms with Crippen molar-refractivity contribution in [2.24, 2.45) is 23.5 Å². The van der Waals surface area contributed by atoms with Crippen LogP contribution in [-0.4, -0.2) is 14.8 Å². The molecular formula is C14H22N4. The molecule has 4 bridgehead atoms. The van der Waals surface area contributed by atoms with Gasteiger partial charge in [-0.1, -0.05) is 0 Å². The first-order valence-electron chi connectivity index (χ1n) is 7.31. The number of aryl methyl sites for hydroxylation is 1. The summed E-state index contributed by atoms with van der Waals surface area (Å²) in [6.45, 7) is 2.55. The van der Waals surface area contributed by atoms with Crippen LogP contribution in [-0.2, 0) is 12.1 Å². The monoisotopic (exact) mass is 246 g/mol. The average Bonchev–Trinajstić information content (AvgIpc) is 2.69. The van der Waals surface area contributed by atoms with Gasteiger partial charge >= 0.3 is 0 Å². The maximum atomic E-state index is 5.69. The predicted molar refractivity (Wildman–Crippen MR) is 68.8 cm³/mol. The molecule has 18 heavy (non-hydrogen) atoms. The molecule has 4 aliphatic carbocycles. The molecule has 1 aromatic rings. The summed E-state index contributed by atoms with van der Waals surface area (Å²) in [6, 6.07) is 0. The lowest BCUT2D eigenvalue weighted by Crippen LogP contribution is -2.52. The van der Waals surface area contributed by atoms with Crippen molar-refractivity contribution in [3.63, 3.8) is 0 Å². The summed E-state index contributed by atoms with van der Waals surface area (Å²) in [5.74, 6) is 4.71. The second-order valence-electron chi connectivity index (χ2n) is 6.83. The van der Waals surface area contributed by atoms with E-state index in [0.717, 1.165) is 29.4 Å². The number of nitrogens with two attached hydrogens (primary N) is 1. The van der Waals surface area contributed by atoms with Gasteiger partial charge in [-0.15, -0.1) is 0 Å². The lowest BCUT2D eigenvalue weighted by molar-refractivity contribution is -0.0507. The summed E-state index contributed by atoms with van der Waals surface area (Å²) in [5, 5.41) is 4.70. The van der Waals surface area contributed by atoms with E-state index in [1.165, 1.54) is 38.5 Å². The summed E-state index contributed by atoms with van der Waals surface area (Å²) >= 11 is 0. The van der Waals surface area contributed by atoms with E-state index >= 15 is 0 Å². The van der Waals surface area contributed by atoms with Gasteiger partial charge in [0.1, 0.15) is 5.82 Å². The van der Waals surface area contributed by atoms with Gasteiger partial charge in [-0.2, -0.15) is 5.10 Å². The highest BCUT2D eigenvalue weighted by molar-refractivity contribution is 5.07. The highest BCUT2D eigenvalue weighted by atomic mass is 15.4. The van der Waals surface area contributed by atoms with Crippen molar-refractivity contribution < 1.29 is 0 Å². The standard InChI is InChI=1S/C14H22N4/c1-9-16-13(8-15)17-18(9)14-5-10-2-11(6-14)4-12(3-10)7-14/h10-12H,2-8,15H2,1H3. The van der Waals surface area contributed by atoms with Crippen LogP contribution < -0.4 is 5.73 Å². The minimum atomic E-state index is 0.291. The van der Waals surface area contributed by atoms with Crippen LogP contribution in [0, 0.1) is 24.7 Å². The number of rotatable bonds is 2. The molecule has 2 N–H and O–H groups in total. The molecule has 4 saturated carbocycles. The van der Waals surface area contributed by atoms with Gasteiger partial charge in [-0.05, 0) is 63.2 Å².